The molecule has 0 amide bonds. The third-order valence-electron chi connectivity index (χ3n) is 3.02. The molecule has 6 heteroatoms. The molecule has 1 unspecified atom stereocenters. The fourth-order valence-electron chi connectivity index (χ4n) is 1.86. The summed E-state index contributed by atoms with van der Waals surface area (Å²) < 4.78 is 44.0. The Kier molecular flexibility index (Phi) is 4.13. The van der Waals surface area contributed by atoms with Crippen LogP contribution in [0.2, 0.25) is 0 Å². The molecular weight excluding hydrogens is 269 g/mol. The van der Waals surface area contributed by atoms with Crippen molar-refractivity contribution in [1.82, 2.24) is 10.3 Å². The van der Waals surface area contributed by atoms with Crippen molar-refractivity contribution < 1.29 is 17.6 Å². The second-order valence-corrected chi connectivity index (χ2v) is 4.58. The lowest BCUT2D eigenvalue weighted by molar-refractivity contribution is -0.137. The van der Waals surface area contributed by atoms with E-state index < -0.39 is 11.7 Å². The van der Waals surface area contributed by atoms with Crippen LogP contribution in [-0.4, -0.2) is 18.1 Å². The summed E-state index contributed by atoms with van der Waals surface area (Å²) in [6.45, 7) is 1.96. The maximum absolute atomic E-state index is 12.9. The van der Waals surface area contributed by atoms with E-state index in [0.29, 0.717) is 12.1 Å². The minimum absolute atomic E-state index is 0.00349. The van der Waals surface area contributed by atoms with E-state index in [9.17, 15) is 13.2 Å². The Hall–Kier alpha value is -1.82. The Balaban J connectivity index is 2.33. The van der Waals surface area contributed by atoms with Crippen LogP contribution in [0.4, 0.5) is 13.2 Å². The quantitative estimate of drug-likeness (QED) is 0.933. The molecule has 1 aromatic heterocycles. The number of aromatic nitrogens is 1. The number of rotatable bonds is 4. The highest BCUT2D eigenvalue weighted by Gasteiger charge is 2.34. The van der Waals surface area contributed by atoms with Gasteiger partial charge in [0.25, 0.3) is 0 Å². The zero-order valence-corrected chi connectivity index (χ0v) is 11.2. The monoisotopic (exact) mass is 284 g/mol. The first-order valence-electron chi connectivity index (χ1n) is 6.20. The number of nitrogens with zero attached hydrogens (tertiary/aromatic N) is 1. The molecule has 0 aliphatic heterocycles. The summed E-state index contributed by atoms with van der Waals surface area (Å²) in [5.74, 6) is -0.00349. The van der Waals surface area contributed by atoms with Crippen LogP contribution in [-0.2, 0) is 12.6 Å². The van der Waals surface area contributed by atoms with Crippen LogP contribution >= 0.6 is 0 Å². The fourth-order valence-corrected chi connectivity index (χ4v) is 1.86. The van der Waals surface area contributed by atoms with E-state index in [1.807, 2.05) is 14.0 Å². The van der Waals surface area contributed by atoms with Crippen LogP contribution in [0.25, 0.3) is 11.5 Å². The van der Waals surface area contributed by atoms with Gasteiger partial charge in [0.1, 0.15) is 6.26 Å². The van der Waals surface area contributed by atoms with Gasteiger partial charge in [0.2, 0.25) is 5.89 Å². The molecule has 0 radical (unpaired) electrons. The maximum Gasteiger partial charge on any atom is 0.417 e. The summed E-state index contributed by atoms with van der Waals surface area (Å²) in [7, 11) is 1.81. The molecule has 0 aliphatic carbocycles. The van der Waals surface area contributed by atoms with Gasteiger partial charge >= 0.3 is 6.18 Å². The number of nitrogens with one attached hydrogen (secondary N) is 1. The predicted octanol–water partition coefficient (Wildman–Crippen LogP) is 3.51. The van der Waals surface area contributed by atoms with Gasteiger partial charge in [-0.15, -0.1) is 0 Å². The van der Waals surface area contributed by atoms with Crippen LogP contribution in [0.3, 0.4) is 0 Å². The average molecular weight is 284 g/mol. The number of benzene rings is 1. The number of hydrogen-bond acceptors (Lipinski definition) is 3. The van der Waals surface area contributed by atoms with Crippen molar-refractivity contribution in [2.75, 3.05) is 7.05 Å². The first-order valence-corrected chi connectivity index (χ1v) is 6.20. The molecule has 1 N–H and O–H groups in total. The first-order chi connectivity index (χ1) is 9.41. The highest BCUT2D eigenvalue weighted by atomic mass is 19.4. The molecule has 2 aromatic rings. The highest BCUT2D eigenvalue weighted by molar-refractivity contribution is 5.59. The SMILES string of the molecule is CNC(C)Cc1coc(-c2ccccc2C(F)(F)F)n1. The highest BCUT2D eigenvalue weighted by Crippen LogP contribution is 2.36. The molecule has 0 aliphatic rings. The molecule has 0 saturated carbocycles. The van der Waals surface area contributed by atoms with Gasteiger partial charge in [0.15, 0.2) is 0 Å². The first kappa shape index (κ1) is 14.6. The summed E-state index contributed by atoms with van der Waals surface area (Å²) >= 11 is 0. The molecule has 20 heavy (non-hydrogen) atoms. The number of likely N-dealkylation sites (N-methyl/N-ethyl adjacent to an activating group) is 1. The lowest BCUT2D eigenvalue weighted by atomic mass is 10.1. The van der Waals surface area contributed by atoms with Crippen molar-refractivity contribution in [2.45, 2.75) is 25.6 Å². The predicted molar refractivity (Wildman–Crippen MR) is 69.2 cm³/mol. The van der Waals surface area contributed by atoms with Crippen molar-refractivity contribution in [2.24, 2.45) is 0 Å². The van der Waals surface area contributed by atoms with E-state index in [4.69, 9.17) is 4.42 Å². The standard InChI is InChI=1S/C14H15F3N2O/c1-9(18-2)7-10-8-20-13(19-10)11-5-3-4-6-12(11)14(15,16)17/h3-6,8-9,18H,7H2,1-2H3. The van der Waals surface area contributed by atoms with E-state index in [-0.39, 0.29) is 17.5 Å². The molecule has 1 heterocycles. The van der Waals surface area contributed by atoms with Crippen molar-refractivity contribution in [3.8, 4) is 11.5 Å². The van der Waals surface area contributed by atoms with Crippen LogP contribution in [0.15, 0.2) is 34.9 Å². The van der Waals surface area contributed by atoms with E-state index in [2.05, 4.69) is 10.3 Å². The lowest BCUT2D eigenvalue weighted by Crippen LogP contribution is -2.23. The number of halogens is 3. The normalized spacial score (nSPS) is 13.4. The number of hydrogen-bond donors (Lipinski definition) is 1. The Bertz CT molecular complexity index is 578. The van der Waals surface area contributed by atoms with Crippen LogP contribution < -0.4 is 5.32 Å². The van der Waals surface area contributed by atoms with Crippen molar-refractivity contribution in [3.05, 3.63) is 41.8 Å². The van der Waals surface area contributed by atoms with Crippen LogP contribution in [0, 0.1) is 0 Å². The molecule has 0 spiro atoms. The Morgan fingerprint density at radius 3 is 2.65 bits per heavy atom. The number of oxazole rings is 1. The molecule has 0 bridgehead atoms. The Morgan fingerprint density at radius 2 is 2.00 bits per heavy atom. The van der Waals surface area contributed by atoms with Crippen LogP contribution in [0.1, 0.15) is 18.2 Å². The summed E-state index contributed by atoms with van der Waals surface area (Å²) in [5.41, 5.74) is -0.155. The number of alkyl halides is 3. The average Bonchev–Trinajstić information content (AvgIpc) is 2.86. The topological polar surface area (TPSA) is 38.1 Å². The van der Waals surface area contributed by atoms with E-state index in [1.54, 1.807) is 0 Å². The molecule has 0 fully saturated rings. The fraction of sp³-hybridized carbons (Fsp3) is 0.357. The third kappa shape index (κ3) is 3.19. The largest absolute Gasteiger partial charge is 0.444 e. The van der Waals surface area contributed by atoms with Crippen molar-refractivity contribution in [1.29, 1.82) is 0 Å². The smallest absolute Gasteiger partial charge is 0.417 e. The van der Waals surface area contributed by atoms with Gasteiger partial charge in [-0.3, -0.25) is 0 Å². The van der Waals surface area contributed by atoms with Gasteiger partial charge in [-0.05, 0) is 26.1 Å². The molecule has 0 saturated heterocycles. The third-order valence-corrected chi connectivity index (χ3v) is 3.02. The van der Waals surface area contributed by atoms with Gasteiger partial charge in [0, 0.05) is 18.0 Å². The second-order valence-electron chi connectivity index (χ2n) is 4.58. The second kappa shape index (κ2) is 5.66. The lowest BCUT2D eigenvalue weighted by Gasteiger charge is -2.09. The van der Waals surface area contributed by atoms with Crippen molar-refractivity contribution in [3.63, 3.8) is 0 Å². The Labute approximate surface area is 114 Å². The summed E-state index contributed by atoms with van der Waals surface area (Å²) in [6, 6.07) is 5.44. The van der Waals surface area contributed by atoms with Gasteiger partial charge in [0.05, 0.1) is 11.3 Å². The zero-order chi connectivity index (χ0) is 14.8. The minimum Gasteiger partial charge on any atom is -0.444 e. The Morgan fingerprint density at radius 1 is 1.30 bits per heavy atom. The molecular formula is C14H15F3N2O. The molecule has 2 rings (SSSR count). The van der Waals surface area contributed by atoms with E-state index in [1.165, 1.54) is 24.5 Å². The van der Waals surface area contributed by atoms with Crippen molar-refractivity contribution >= 4 is 0 Å². The van der Waals surface area contributed by atoms with Gasteiger partial charge < -0.3 is 9.73 Å². The molecule has 108 valence electrons. The van der Waals surface area contributed by atoms with E-state index >= 15 is 0 Å². The summed E-state index contributed by atoms with van der Waals surface area (Å²) in [6.07, 6.45) is -2.44. The van der Waals surface area contributed by atoms with E-state index in [0.717, 1.165) is 6.07 Å². The van der Waals surface area contributed by atoms with Gasteiger partial charge in [-0.25, -0.2) is 4.98 Å². The van der Waals surface area contributed by atoms with Crippen LogP contribution in [0.5, 0.6) is 0 Å². The van der Waals surface area contributed by atoms with Gasteiger partial charge in [-0.1, -0.05) is 12.1 Å². The molecule has 1 atom stereocenters. The summed E-state index contributed by atoms with van der Waals surface area (Å²) in [4.78, 5) is 4.14. The maximum atomic E-state index is 12.9. The summed E-state index contributed by atoms with van der Waals surface area (Å²) in [5, 5.41) is 3.04. The minimum atomic E-state index is -4.43. The van der Waals surface area contributed by atoms with Gasteiger partial charge in [-0.2, -0.15) is 13.2 Å². The molecule has 1 aromatic carbocycles. The zero-order valence-electron chi connectivity index (χ0n) is 11.2. The molecule has 3 nitrogen and oxygen atoms in total.